The molecule has 0 aromatic heterocycles. The third-order valence-electron chi connectivity index (χ3n) is 6.02. The molecule has 1 saturated carbocycles. The molecule has 0 spiro atoms. The molecule has 1 aromatic carbocycles. The van der Waals surface area contributed by atoms with Crippen LogP contribution in [-0.2, 0) is 11.3 Å². The summed E-state index contributed by atoms with van der Waals surface area (Å²) >= 11 is 0. The molecule has 1 saturated heterocycles. The van der Waals surface area contributed by atoms with Crippen LogP contribution in [0.1, 0.15) is 56.9 Å². The molecule has 6 nitrogen and oxygen atoms in total. The highest BCUT2D eigenvalue weighted by Gasteiger charge is 2.20. The summed E-state index contributed by atoms with van der Waals surface area (Å²) in [5, 5.41) is 10.00. The Morgan fingerprint density at radius 1 is 1.00 bits per heavy atom. The first kappa shape index (κ1) is 24.9. The van der Waals surface area contributed by atoms with Crippen molar-refractivity contribution in [1.29, 1.82) is 0 Å². The van der Waals surface area contributed by atoms with E-state index >= 15 is 0 Å². The van der Waals surface area contributed by atoms with E-state index in [1.807, 2.05) is 0 Å². The zero-order valence-electron chi connectivity index (χ0n) is 18.2. The third kappa shape index (κ3) is 8.79. The van der Waals surface area contributed by atoms with Crippen LogP contribution in [-0.4, -0.2) is 55.5 Å². The second-order valence-electron chi connectivity index (χ2n) is 8.33. The van der Waals surface area contributed by atoms with Crippen LogP contribution in [0.25, 0.3) is 0 Å². The lowest BCUT2D eigenvalue weighted by Gasteiger charge is -2.33. The molecule has 2 fully saturated rings. The lowest BCUT2D eigenvalue weighted by atomic mass is 9.95. The van der Waals surface area contributed by atoms with Gasteiger partial charge in [0.1, 0.15) is 0 Å². The van der Waals surface area contributed by atoms with E-state index in [0.29, 0.717) is 25.0 Å². The predicted molar refractivity (Wildman–Crippen MR) is 134 cm³/mol. The van der Waals surface area contributed by atoms with Crippen LogP contribution < -0.4 is 16.0 Å². The Morgan fingerprint density at radius 2 is 1.67 bits per heavy atom. The van der Waals surface area contributed by atoms with Crippen molar-refractivity contribution in [3.8, 4) is 0 Å². The molecule has 0 bridgehead atoms. The minimum atomic E-state index is 0. The molecule has 0 unspecified atom stereocenters. The monoisotopic (exact) mass is 527 g/mol. The number of aliphatic imine (C=N–C) groups is 1. The van der Waals surface area contributed by atoms with Crippen LogP contribution in [0.3, 0.4) is 0 Å². The fraction of sp³-hybridized carbons (Fsp3) is 0.652. The van der Waals surface area contributed by atoms with Crippen LogP contribution in [0, 0.1) is 0 Å². The Hall–Kier alpha value is -1.35. The quantitative estimate of drug-likeness (QED) is 0.289. The number of amides is 1. The van der Waals surface area contributed by atoms with Gasteiger partial charge in [0.05, 0.1) is 0 Å². The van der Waals surface area contributed by atoms with Crippen LogP contribution in [0.5, 0.6) is 0 Å². The molecule has 30 heavy (non-hydrogen) atoms. The highest BCUT2D eigenvalue weighted by molar-refractivity contribution is 14.0. The van der Waals surface area contributed by atoms with Crippen LogP contribution in [0.2, 0.25) is 0 Å². The maximum atomic E-state index is 12.1. The van der Waals surface area contributed by atoms with Crippen LogP contribution in [0.15, 0.2) is 35.3 Å². The molecular formula is C23H38IN5O. The summed E-state index contributed by atoms with van der Waals surface area (Å²) in [6.07, 6.45) is 8.75. The van der Waals surface area contributed by atoms with Gasteiger partial charge in [-0.2, -0.15) is 0 Å². The molecular weight excluding hydrogens is 489 g/mol. The third-order valence-corrected chi connectivity index (χ3v) is 6.02. The van der Waals surface area contributed by atoms with Gasteiger partial charge < -0.3 is 16.0 Å². The number of carbonyl (C=O) groups excluding carboxylic acids is 1. The smallest absolute Gasteiger partial charge is 0.221 e. The molecule has 1 heterocycles. The van der Waals surface area contributed by atoms with Gasteiger partial charge in [-0.05, 0) is 31.2 Å². The summed E-state index contributed by atoms with van der Waals surface area (Å²) in [5.41, 5.74) is 1.38. The molecule has 1 aliphatic heterocycles. The normalized spacial score (nSPS) is 19.0. The standard InChI is InChI=1S/C23H37N5O.HI/c1-24-23(25-15-12-22(29)26-20-10-6-3-7-11-20)27-21-13-16-28(17-14-21)18-19-8-4-2-5-9-19;/h2,4-5,8-9,20-21H,3,6-7,10-18H2,1H3,(H,26,29)(H2,24,25,27);1H. The molecule has 2 aliphatic rings. The largest absolute Gasteiger partial charge is 0.356 e. The highest BCUT2D eigenvalue weighted by atomic mass is 127. The molecule has 1 amide bonds. The number of hydrogen-bond acceptors (Lipinski definition) is 3. The van der Waals surface area contributed by atoms with E-state index in [0.717, 1.165) is 51.3 Å². The molecule has 7 heteroatoms. The van der Waals surface area contributed by atoms with E-state index < -0.39 is 0 Å². The number of nitrogens with one attached hydrogen (secondary N) is 3. The van der Waals surface area contributed by atoms with Gasteiger partial charge in [0.25, 0.3) is 0 Å². The van der Waals surface area contributed by atoms with Crippen molar-refractivity contribution in [2.45, 2.75) is 70.0 Å². The van der Waals surface area contributed by atoms with Gasteiger partial charge in [0.2, 0.25) is 5.91 Å². The van der Waals surface area contributed by atoms with Crippen molar-refractivity contribution >= 4 is 35.8 Å². The predicted octanol–water partition coefficient (Wildman–Crippen LogP) is 3.27. The zero-order valence-corrected chi connectivity index (χ0v) is 20.6. The van der Waals surface area contributed by atoms with Gasteiger partial charge in [-0.1, -0.05) is 49.6 Å². The molecule has 3 rings (SSSR count). The lowest BCUT2D eigenvalue weighted by Crippen LogP contribution is -2.49. The molecule has 3 N–H and O–H groups in total. The number of guanidine groups is 1. The highest BCUT2D eigenvalue weighted by Crippen LogP contribution is 2.17. The number of halogens is 1. The van der Waals surface area contributed by atoms with Crippen molar-refractivity contribution in [3.63, 3.8) is 0 Å². The second-order valence-corrected chi connectivity index (χ2v) is 8.33. The average Bonchev–Trinajstić information content (AvgIpc) is 2.76. The van der Waals surface area contributed by atoms with E-state index in [4.69, 9.17) is 0 Å². The van der Waals surface area contributed by atoms with E-state index in [-0.39, 0.29) is 29.9 Å². The van der Waals surface area contributed by atoms with E-state index in [1.165, 1.54) is 24.8 Å². The first-order valence-corrected chi connectivity index (χ1v) is 11.3. The van der Waals surface area contributed by atoms with Crippen molar-refractivity contribution in [2.24, 2.45) is 4.99 Å². The maximum absolute atomic E-state index is 12.1. The summed E-state index contributed by atoms with van der Waals surface area (Å²) < 4.78 is 0. The SMILES string of the molecule is CN=C(NCCC(=O)NC1CCCCC1)NC1CCN(Cc2ccccc2)CC1.I. The lowest BCUT2D eigenvalue weighted by molar-refractivity contribution is -0.121. The summed E-state index contributed by atoms with van der Waals surface area (Å²) in [6, 6.07) is 11.5. The van der Waals surface area contributed by atoms with E-state index in [1.54, 1.807) is 7.05 Å². The van der Waals surface area contributed by atoms with Crippen LogP contribution >= 0.6 is 24.0 Å². The van der Waals surface area contributed by atoms with Gasteiger partial charge in [-0.3, -0.25) is 14.7 Å². The Kier molecular flexibility index (Phi) is 11.5. The number of likely N-dealkylation sites (tertiary alicyclic amines) is 1. The van der Waals surface area contributed by atoms with Crippen molar-refractivity contribution < 1.29 is 4.79 Å². The first-order valence-electron chi connectivity index (χ1n) is 11.3. The van der Waals surface area contributed by atoms with Gasteiger partial charge in [0, 0.05) is 51.7 Å². The number of hydrogen-bond donors (Lipinski definition) is 3. The minimum absolute atomic E-state index is 0. The topological polar surface area (TPSA) is 68.8 Å². The fourth-order valence-electron chi connectivity index (χ4n) is 4.31. The molecule has 0 atom stereocenters. The van der Waals surface area contributed by atoms with Gasteiger partial charge in [-0.15, -0.1) is 24.0 Å². The van der Waals surface area contributed by atoms with Crippen LogP contribution in [0.4, 0.5) is 0 Å². The minimum Gasteiger partial charge on any atom is -0.356 e. The van der Waals surface area contributed by atoms with E-state index in [2.05, 4.69) is 56.2 Å². The zero-order chi connectivity index (χ0) is 20.3. The summed E-state index contributed by atoms with van der Waals surface area (Å²) in [6.45, 7) is 3.82. The second kappa shape index (κ2) is 13.9. The number of rotatable bonds is 7. The summed E-state index contributed by atoms with van der Waals surface area (Å²) in [4.78, 5) is 19.0. The summed E-state index contributed by atoms with van der Waals surface area (Å²) in [7, 11) is 1.79. The molecule has 1 aromatic rings. The van der Waals surface area contributed by atoms with Gasteiger partial charge >= 0.3 is 0 Å². The Bertz CT molecular complexity index is 640. The fourth-order valence-corrected chi connectivity index (χ4v) is 4.31. The maximum Gasteiger partial charge on any atom is 0.221 e. The Balaban J connectivity index is 0.00000320. The van der Waals surface area contributed by atoms with Gasteiger partial charge in [-0.25, -0.2) is 0 Å². The van der Waals surface area contributed by atoms with E-state index in [9.17, 15) is 4.79 Å². The van der Waals surface area contributed by atoms with Crippen molar-refractivity contribution in [2.75, 3.05) is 26.7 Å². The average molecular weight is 527 g/mol. The number of carbonyl (C=O) groups is 1. The first-order chi connectivity index (χ1) is 14.2. The number of nitrogens with zero attached hydrogens (tertiary/aromatic N) is 2. The number of benzene rings is 1. The summed E-state index contributed by atoms with van der Waals surface area (Å²) in [5.74, 6) is 0.950. The Morgan fingerprint density at radius 3 is 2.33 bits per heavy atom. The number of piperidine rings is 1. The van der Waals surface area contributed by atoms with Gasteiger partial charge in [0.15, 0.2) is 5.96 Å². The van der Waals surface area contributed by atoms with Crippen molar-refractivity contribution in [1.82, 2.24) is 20.9 Å². The van der Waals surface area contributed by atoms with Crippen molar-refractivity contribution in [3.05, 3.63) is 35.9 Å². The Labute approximate surface area is 198 Å². The molecule has 0 radical (unpaired) electrons. The molecule has 168 valence electrons. The molecule has 1 aliphatic carbocycles.